The summed E-state index contributed by atoms with van der Waals surface area (Å²) in [5, 5.41) is 4.70. The minimum atomic E-state index is -0.0546. The van der Waals surface area contributed by atoms with Crippen LogP contribution in [-0.2, 0) is 0 Å². The standard InChI is InChI=1S/C14H9BrO2S/c1-8-11-6-10(15)2-3-12(11)17-14(8)13(16)9-4-5-18-7-9/h2-7H,1H3. The van der Waals surface area contributed by atoms with E-state index in [-0.39, 0.29) is 5.78 Å². The van der Waals surface area contributed by atoms with E-state index in [4.69, 9.17) is 4.42 Å². The molecule has 0 fully saturated rings. The van der Waals surface area contributed by atoms with Gasteiger partial charge < -0.3 is 4.42 Å². The van der Waals surface area contributed by atoms with Crippen LogP contribution in [0.15, 0.2) is 43.9 Å². The third-order valence-electron chi connectivity index (χ3n) is 2.89. The first-order valence-corrected chi connectivity index (χ1v) is 7.16. The highest BCUT2D eigenvalue weighted by Gasteiger charge is 2.19. The van der Waals surface area contributed by atoms with Crippen molar-refractivity contribution in [2.45, 2.75) is 6.92 Å². The van der Waals surface area contributed by atoms with Gasteiger partial charge in [0.05, 0.1) is 0 Å². The van der Waals surface area contributed by atoms with Crippen LogP contribution in [0.1, 0.15) is 21.7 Å². The zero-order valence-corrected chi connectivity index (χ0v) is 12.0. The average Bonchev–Trinajstić information content (AvgIpc) is 2.98. The van der Waals surface area contributed by atoms with E-state index in [2.05, 4.69) is 15.9 Å². The lowest BCUT2D eigenvalue weighted by atomic mass is 10.1. The maximum Gasteiger partial charge on any atom is 0.229 e. The predicted molar refractivity (Wildman–Crippen MR) is 76.4 cm³/mol. The van der Waals surface area contributed by atoms with Crippen molar-refractivity contribution in [3.05, 3.63) is 56.4 Å². The van der Waals surface area contributed by atoms with Crippen LogP contribution >= 0.6 is 27.3 Å². The number of carbonyl (C=O) groups is 1. The fraction of sp³-hybridized carbons (Fsp3) is 0.0714. The number of benzene rings is 1. The Hall–Kier alpha value is -1.39. The van der Waals surface area contributed by atoms with Crippen molar-refractivity contribution in [2.75, 3.05) is 0 Å². The summed E-state index contributed by atoms with van der Waals surface area (Å²) in [6.07, 6.45) is 0. The fourth-order valence-electron chi connectivity index (χ4n) is 1.93. The molecule has 3 rings (SSSR count). The van der Waals surface area contributed by atoms with Crippen molar-refractivity contribution in [1.82, 2.24) is 0 Å². The van der Waals surface area contributed by atoms with Gasteiger partial charge in [-0.1, -0.05) is 15.9 Å². The molecule has 1 aromatic carbocycles. The Balaban J connectivity index is 2.19. The summed E-state index contributed by atoms with van der Waals surface area (Å²) >= 11 is 4.93. The number of furan rings is 1. The van der Waals surface area contributed by atoms with Crippen molar-refractivity contribution in [3.63, 3.8) is 0 Å². The molecule has 2 heterocycles. The zero-order chi connectivity index (χ0) is 12.7. The lowest BCUT2D eigenvalue weighted by molar-refractivity contribution is 0.101. The van der Waals surface area contributed by atoms with E-state index >= 15 is 0 Å². The molecular weight excluding hydrogens is 312 g/mol. The number of aryl methyl sites for hydroxylation is 1. The van der Waals surface area contributed by atoms with Crippen LogP contribution in [0.25, 0.3) is 11.0 Å². The zero-order valence-electron chi connectivity index (χ0n) is 9.57. The normalized spacial score (nSPS) is 11.0. The van der Waals surface area contributed by atoms with E-state index in [1.807, 2.05) is 41.9 Å². The van der Waals surface area contributed by atoms with Crippen LogP contribution < -0.4 is 0 Å². The van der Waals surface area contributed by atoms with E-state index in [1.54, 1.807) is 0 Å². The van der Waals surface area contributed by atoms with Crippen molar-refractivity contribution in [1.29, 1.82) is 0 Å². The number of ketones is 1. The van der Waals surface area contributed by atoms with Gasteiger partial charge in [0.2, 0.25) is 5.78 Å². The molecule has 0 radical (unpaired) electrons. The van der Waals surface area contributed by atoms with Crippen molar-refractivity contribution >= 4 is 44.0 Å². The van der Waals surface area contributed by atoms with Crippen molar-refractivity contribution in [2.24, 2.45) is 0 Å². The Labute approximate surface area is 116 Å². The Morgan fingerprint density at radius 1 is 1.33 bits per heavy atom. The molecule has 3 aromatic rings. The van der Waals surface area contributed by atoms with Crippen LogP contribution in [0.4, 0.5) is 0 Å². The highest BCUT2D eigenvalue weighted by atomic mass is 79.9. The Bertz CT molecular complexity index is 726. The molecular formula is C14H9BrO2S. The van der Waals surface area contributed by atoms with E-state index in [0.29, 0.717) is 11.3 Å². The molecule has 90 valence electrons. The molecule has 0 bridgehead atoms. The van der Waals surface area contributed by atoms with E-state index in [9.17, 15) is 4.79 Å². The van der Waals surface area contributed by atoms with Gasteiger partial charge in [-0.15, -0.1) is 0 Å². The van der Waals surface area contributed by atoms with Crippen LogP contribution in [0.3, 0.4) is 0 Å². The lowest BCUT2D eigenvalue weighted by Gasteiger charge is -1.94. The van der Waals surface area contributed by atoms with Gasteiger partial charge >= 0.3 is 0 Å². The van der Waals surface area contributed by atoms with Gasteiger partial charge in [-0.25, -0.2) is 0 Å². The number of thiophene rings is 1. The molecule has 0 aliphatic heterocycles. The van der Waals surface area contributed by atoms with E-state index in [0.717, 1.165) is 21.0 Å². The molecule has 0 amide bonds. The number of fused-ring (bicyclic) bond motifs is 1. The number of hydrogen-bond acceptors (Lipinski definition) is 3. The molecule has 0 N–H and O–H groups in total. The first-order chi connectivity index (χ1) is 8.66. The minimum Gasteiger partial charge on any atom is -0.452 e. The third-order valence-corrected chi connectivity index (χ3v) is 4.06. The molecule has 2 nitrogen and oxygen atoms in total. The molecule has 0 aliphatic rings. The van der Waals surface area contributed by atoms with E-state index in [1.165, 1.54) is 11.3 Å². The van der Waals surface area contributed by atoms with Gasteiger partial charge in [0.15, 0.2) is 5.76 Å². The van der Waals surface area contributed by atoms with E-state index < -0.39 is 0 Å². The summed E-state index contributed by atoms with van der Waals surface area (Å²) < 4.78 is 6.65. The van der Waals surface area contributed by atoms with Gasteiger partial charge in [0, 0.05) is 26.4 Å². The second-order valence-electron chi connectivity index (χ2n) is 4.04. The van der Waals surface area contributed by atoms with Gasteiger partial charge in [-0.3, -0.25) is 4.79 Å². The summed E-state index contributed by atoms with van der Waals surface area (Å²) in [6, 6.07) is 7.56. The van der Waals surface area contributed by atoms with Crippen LogP contribution in [0.5, 0.6) is 0 Å². The first kappa shape index (κ1) is 11.7. The molecule has 0 unspecified atom stereocenters. The molecule has 0 saturated carbocycles. The first-order valence-electron chi connectivity index (χ1n) is 5.42. The lowest BCUT2D eigenvalue weighted by Crippen LogP contribution is -1.99. The average molecular weight is 321 g/mol. The fourth-order valence-corrected chi connectivity index (χ4v) is 2.93. The molecule has 0 aliphatic carbocycles. The van der Waals surface area contributed by atoms with Gasteiger partial charge in [0.1, 0.15) is 5.58 Å². The summed E-state index contributed by atoms with van der Waals surface area (Å²) in [4.78, 5) is 12.3. The summed E-state index contributed by atoms with van der Waals surface area (Å²) in [5.74, 6) is 0.377. The molecule has 0 spiro atoms. The predicted octanol–water partition coefficient (Wildman–Crippen LogP) is 4.80. The van der Waals surface area contributed by atoms with Gasteiger partial charge in [-0.2, -0.15) is 11.3 Å². The number of rotatable bonds is 2. The smallest absolute Gasteiger partial charge is 0.229 e. The SMILES string of the molecule is Cc1c(C(=O)c2ccsc2)oc2ccc(Br)cc12. The number of hydrogen-bond donors (Lipinski definition) is 0. The topological polar surface area (TPSA) is 30.2 Å². The van der Waals surface area contributed by atoms with Crippen LogP contribution in [-0.4, -0.2) is 5.78 Å². The molecule has 0 saturated heterocycles. The van der Waals surface area contributed by atoms with Gasteiger partial charge in [-0.05, 0) is 36.6 Å². The summed E-state index contributed by atoms with van der Waals surface area (Å²) in [5.41, 5.74) is 2.32. The van der Waals surface area contributed by atoms with Crippen LogP contribution in [0.2, 0.25) is 0 Å². The second kappa shape index (κ2) is 4.37. The Kier molecular flexibility index (Phi) is 2.84. The Morgan fingerprint density at radius 2 is 2.17 bits per heavy atom. The summed E-state index contributed by atoms with van der Waals surface area (Å²) in [6.45, 7) is 1.91. The maximum atomic E-state index is 12.3. The molecule has 2 aromatic heterocycles. The monoisotopic (exact) mass is 320 g/mol. The molecule has 18 heavy (non-hydrogen) atoms. The molecule has 0 atom stereocenters. The number of carbonyl (C=O) groups excluding carboxylic acids is 1. The largest absolute Gasteiger partial charge is 0.452 e. The highest BCUT2D eigenvalue weighted by Crippen LogP contribution is 2.29. The van der Waals surface area contributed by atoms with Crippen molar-refractivity contribution in [3.8, 4) is 0 Å². The summed E-state index contributed by atoms with van der Waals surface area (Å²) in [7, 11) is 0. The number of halogens is 1. The molecule has 4 heteroatoms. The van der Waals surface area contributed by atoms with Gasteiger partial charge in [0.25, 0.3) is 0 Å². The second-order valence-corrected chi connectivity index (χ2v) is 5.73. The van der Waals surface area contributed by atoms with Crippen molar-refractivity contribution < 1.29 is 9.21 Å². The third kappa shape index (κ3) is 1.82. The Morgan fingerprint density at radius 3 is 2.89 bits per heavy atom. The highest BCUT2D eigenvalue weighted by molar-refractivity contribution is 9.10. The minimum absolute atomic E-state index is 0.0546. The van der Waals surface area contributed by atoms with Crippen LogP contribution in [0, 0.1) is 6.92 Å². The maximum absolute atomic E-state index is 12.3. The quantitative estimate of drug-likeness (QED) is 0.635.